The molecule has 0 fully saturated rings. The Labute approximate surface area is 132 Å². The van der Waals surface area contributed by atoms with Gasteiger partial charge in [-0.3, -0.25) is 4.79 Å². The molecule has 1 aliphatic heterocycles. The first-order valence-corrected chi connectivity index (χ1v) is 8.88. The van der Waals surface area contributed by atoms with Crippen molar-refractivity contribution in [2.24, 2.45) is 0 Å². The van der Waals surface area contributed by atoms with E-state index in [1.807, 2.05) is 16.2 Å². The second-order valence-corrected chi connectivity index (χ2v) is 6.49. The molecule has 0 aromatic carbocycles. The van der Waals surface area contributed by atoms with Crippen LogP contribution in [-0.4, -0.2) is 55.0 Å². The molecule has 5 heteroatoms. The lowest BCUT2D eigenvalue weighted by Crippen LogP contribution is -2.41. The lowest BCUT2D eigenvalue weighted by molar-refractivity contribution is -0.131. The van der Waals surface area contributed by atoms with Crippen molar-refractivity contribution in [2.75, 3.05) is 39.3 Å². The summed E-state index contributed by atoms with van der Waals surface area (Å²) < 4.78 is 0. The zero-order valence-electron chi connectivity index (χ0n) is 13.2. The highest BCUT2D eigenvalue weighted by molar-refractivity contribution is 7.10. The normalized spacial score (nSPS) is 14.5. The predicted molar refractivity (Wildman–Crippen MR) is 88.7 cm³/mol. The van der Waals surface area contributed by atoms with E-state index in [0.717, 1.165) is 52.1 Å². The van der Waals surface area contributed by atoms with Crippen molar-refractivity contribution < 1.29 is 4.79 Å². The van der Waals surface area contributed by atoms with E-state index in [4.69, 9.17) is 0 Å². The van der Waals surface area contributed by atoms with Gasteiger partial charge in [-0.15, -0.1) is 11.3 Å². The molecule has 1 N–H and O–H groups in total. The van der Waals surface area contributed by atoms with E-state index >= 15 is 0 Å². The number of amides is 1. The topological polar surface area (TPSA) is 35.6 Å². The molecule has 0 radical (unpaired) electrons. The molecular formula is C16H27N3OS. The largest absolute Gasteiger partial charge is 0.337 e. The molecular weight excluding hydrogens is 282 g/mol. The molecule has 21 heavy (non-hydrogen) atoms. The third-order valence-corrected chi connectivity index (χ3v) is 5.18. The third-order valence-electron chi connectivity index (χ3n) is 4.16. The van der Waals surface area contributed by atoms with Crippen molar-refractivity contribution in [2.45, 2.75) is 33.2 Å². The summed E-state index contributed by atoms with van der Waals surface area (Å²) in [5.41, 5.74) is 1.33. The van der Waals surface area contributed by atoms with Crippen LogP contribution in [0.2, 0.25) is 0 Å². The summed E-state index contributed by atoms with van der Waals surface area (Å²) in [6.45, 7) is 10.7. The first kappa shape index (κ1) is 16.5. The average Bonchev–Trinajstić information content (AvgIpc) is 2.98. The van der Waals surface area contributed by atoms with Crippen molar-refractivity contribution in [3.05, 3.63) is 21.9 Å². The van der Waals surface area contributed by atoms with Gasteiger partial charge in [0.1, 0.15) is 0 Å². The summed E-state index contributed by atoms with van der Waals surface area (Å²) in [6, 6.07) is 2.15. The second kappa shape index (κ2) is 8.51. The zero-order chi connectivity index (χ0) is 15.1. The highest BCUT2D eigenvalue weighted by Crippen LogP contribution is 2.23. The number of nitrogens with one attached hydrogen (secondary N) is 1. The Balaban J connectivity index is 1.62. The molecule has 0 atom stereocenters. The first-order valence-electron chi connectivity index (χ1n) is 8.00. The van der Waals surface area contributed by atoms with Gasteiger partial charge in [-0.05, 0) is 56.0 Å². The van der Waals surface area contributed by atoms with Crippen LogP contribution in [0.5, 0.6) is 0 Å². The van der Waals surface area contributed by atoms with Gasteiger partial charge in [0.15, 0.2) is 0 Å². The highest BCUT2D eigenvalue weighted by atomic mass is 32.1. The summed E-state index contributed by atoms with van der Waals surface area (Å²) in [6.07, 6.45) is 2.12. The Morgan fingerprint density at radius 2 is 2.24 bits per heavy atom. The first-order chi connectivity index (χ1) is 10.2. The lowest BCUT2D eigenvalue weighted by Gasteiger charge is -2.27. The SMILES string of the molecule is CCN(CC)CCCNCC(=O)N1CCc2sccc2C1. The number of rotatable bonds is 8. The van der Waals surface area contributed by atoms with Gasteiger partial charge in [-0.1, -0.05) is 13.8 Å². The van der Waals surface area contributed by atoms with Crippen LogP contribution in [0, 0.1) is 0 Å². The van der Waals surface area contributed by atoms with E-state index in [2.05, 4.69) is 35.5 Å². The number of hydrogen-bond donors (Lipinski definition) is 1. The second-order valence-electron chi connectivity index (χ2n) is 5.49. The highest BCUT2D eigenvalue weighted by Gasteiger charge is 2.20. The van der Waals surface area contributed by atoms with Crippen LogP contribution in [0.25, 0.3) is 0 Å². The molecule has 1 aromatic heterocycles. The van der Waals surface area contributed by atoms with Gasteiger partial charge in [0.25, 0.3) is 0 Å². The maximum absolute atomic E-state index is 12.2. The molecule has 0 spiro atoms. The molecule has 2 rings (SSSR count). The Morgan fingerprint density at radius 3 is 3.00 bits per heavy atom. The van der Waals surface area contributed by atoms with E-state index < -0.39 is 0 Å². The van der Waals surface area contributed by atoms with Gasteiger partial charge in [0, 0.05) is 18.0 Å². The Morgan fingerprint density at radius 1 is 1.43 bits per heavy atom. The van der Waals surface area contributed by atoms with E-state index in [-0.39, 0.29) is 5.91 Å². The Kier molecular flexibility index (Phi) is 6.67. The fourth-order valence-electron chi connectivity index (χ4n) is 2.74. The van der Waals surface area contributed by atoms with Crippen LogP contribution in [0.4, 0.5) is 0 Å². The molecule has 1 aromatic rings. The summed E-state index contributed by atoms with van der Waals surface area (Å²) in [5.74, 6) is 0.231. The molecule has 1 aliphatic rings. The quantitative estimate of drug-likeness (QED) is 0.746. The van der Waals surface area contributed by atoms with Gasteiger partial charge in [0.2, 0.25) is 5.91 Å². The molecule has 0 bridgehead atoms. The minimum atomic E-state index is 0.231. The third kappa shape index (κ3) is 4.80. The number of carbonyl (C=O) groups excluding carboxylic acids is 1. The Bertz CT molecular complexity index is 442. The summed E-state index contributed by atoms with van der Waals surface area (Å²) >= 11 is 1.81. The van der Waals surface area contributed by atoms with Crippen LogP contribution < -0.4 is 5.32 Å². The van der Waals surface area contributed by atoms with Crippen molar-refractivity contribution in [3.8, 4) is 0 Å². The summed E-state index contributed by atoms with van der Waals surface area (Å²) in [4.78, 5) is 18.0. The maximum Gasteiger partial charge on any atom is 0.236 e. The van der Waals surface area contributed by atoms with Crippen molar-refractivity contribution in [1.82, 2.24) is 15.1 Å². The number of carbonyl (C=O) groups is 1. The molecule has 0 saturated heterocycles. The number of nitrogens with zero attached hydrogens (tertiary/aromatic N) is 2. The van der Waals surface area contributed by atoms with Gasteiger partial charge >= 0.3 is 0 Å². The fourth-order valence-corrected chi connectivity index (χ4v) is 3.63. The van der Waals surface area contributed by atoms with Gasteiger partial charge in [-0.25, -0.2) is 0 Å². The fraction of sp³-hybridized carbons (Fsp3) is 0.688. The summed E-state index contributed by atoms with van der Waals surface area (Å²) in [7, 11) is 0. The van der Waals surface area contributed by atoms with Crippen LogP contribution >= 0.6 is 11.3 Å². The molecule has 0 saturated carbocycles. The van der Waals surface area contributed by atoms with Crippen LogP contribution in [-0.2, 0) is 17.8 Å². The smallest absolute Gasteiger partial charge is 0.236 e. The Hall–Kier alpha value is -0.910. The van der Waals surface area contributed by atoms with E-state index in [9.17, 15) is 4.79 Å². The van der Waals surface area contributed by atoms with Crippen LogP contribution in [0.15, 0.2) is 11.4 Å². The maximum atomic E-state index is 12.2. The molecule has 0 unspecified atom stereocenters. The predicted octanol–water partition coefficient (Wildman–Crippen LogP) is 1.95. The minimum absolute atomic E-state index is 0.231. The number of hydrogen-bond acceptors (Lipinski definition) is 4. The average molecular weight is 309 g/mol. The minimum Gasteiger partial charge on any atom is -0.337 e. The van der Waals surface area contributed by atoms with Crippen molar-refractivity contribution >= 4 is 17.2 Å². The number of thiophene rings is 1. The van der Waals surface area contributed by atoms with E-state index in [0.29, 0.717) is 6.54 Å². The molecule has 118 valence electrons. The molecule has 0 aliphatic carbocycles. The lowest BCUT2D eigenvalue weighted by atomic mass is 10.1. The van der Waals surface area contributed by atoms with Gasteiger partial charge in [0.05, 0.1) is 6.54 Å². The summed E-state index contributed by atoms with van der Waals surface area (Å²) in [5, 5.41) is 5.42. The zero-order valence-corrected chi connectivity index (χ0v) is 14.0. The van der Waals surface area contributed by atoms with Crippen LogP contribution in [0.1, 0.15) is 30.7 Å². The molecule has 1 amide bonds. The van der Waals surface area contributed by atoms with Gasteiger partial charge < -0.3 is 15.1 Å². The standard InChI is InChI=1S/C16H27N3OS/c1-3-18(4-2)9-5-8-17-12-16(20)19-10-6-15-14(13-19)7-11-21-15/h7,11,17H,3-6,8-10,12-13H2,1-2H3. The van der Waals surface area contributed by atoms with Crippen LogP contribution in [0.3, 0.4) is 0 Å². The van der Waals surface area contributed by atoms with Gasteiger partial charge in [-0.2, -0.15) is 0 Å². The van der Waals surface area contributed by atoms with E-state index in [1.165, 1.54) is 10.4 Å². The molecule has 2 heterocycles. The molecule has 4 nitrogen and oxygen atoms in total. The monoisotopic (exact) mass is 309 g/mol. The van der Waals surface area contributed by atoms with E-state index in [1.54, 1.807) is 0 Å². The van der Waals surface area contributed by atoms with Crippen molar-refractivity contribution in [1.29, 1.82) is 0 Å². The van der Waals surface area contributed by atoms with Crippen molar-refractivity contribution in [3.63, 3.8) is 0 Å². The number of fused-ring (bicyclic) bond motifs is 1.